The van der Waals surface area contributed by atoms with E-state index < -0.39 is 12.1 Å². The lowest BCUT2D eigenvalue weighted by molar-refractivity contribution is -0.126. The predicted octanol–water partition coefficient (Wildman–Crippen LogP) is 1.80. The molecule has 0 aromatic heterocycles. The van der Waals surface area contributed by atoms with Gasteiger partial charge in [0, 0.05) is 50.1 Å². The van der Waals surface area contributed by atoms with Crippen molar-refractivity contribution in [3.63, 3.8) is 0 Å². The summed E-state index contributed by atoms with van der Waals surface area (Å²) >= 11 is 0. The molecule has 1 amide bonds. The van der Waals surface area contributed by atoms with Gasteiger partial charge in [0.1, 0.15) is 5.83 Å². The second kappa shape index (κ2) is 10.5. The van der Waals surface area contributed by atoms with Gasteiger partial charge in [-0.2, -0.15) is 0 Å². The Morgan fingerprint density at radius 2 is 2.09 bits per heavy atom. The molecule has 7 N–H and O–H groups in total. The zero-order chi connectivity index (χ0) is 23.4. The summed E-state index contributed by atoms with van der Waals surface area (Å²) in [4.78, 5) is 20.3. The van der Waals surface area contributed by atoms with E-state index in [4.69, 9.17) is 11.5 Å². The number of dihydropyridines is 1. The maximum Gasteiger partial charge on any atom is 0.232 e. The first-order valence-corrected chi connectivity index (χ1v) is 12.5. The Kier molecular flexibility index (Phi) is 7.71. The number of amides is 1. The molecular formula is C24H40FN7O. The molecule has 3 aliphatic heterocycles. The van der Waals surface area contributed by atoms with E-state index in [-0.39, 0.29) is 29.4 Å². The highest BCUT2D eigenvalue weighted by Gasteiger charge is 2.41. The molecule has 9 heteroatoms. The van der Waals surface area contributed by atoms with Crippen molar-refractivity contribution in [2.45, 2.75) is 83.1 Å². The molecule has 1 saturated carbocycles. The van der Waals surface area contributed by atoms with E-state index in [1.807, 2.05) is 6.21 Å². The van der Waals surface area contributed by atoms with Gasteiger partial charge in [0.25, 0.3) is 0 Å². The van der Waals surface area contributed by atoms with Crippen LogP contribution in [0.3, 0.4) is 0 Å². The van der Waals surface area contributed by atoms with Crippen LogP contribution in [0.5, 0.6) is 0 Å². The monoisotopic (exact) mass is 461 g/mol. The van der Waals surface area contributed by atoms with Gasteiger partial charge in [-0.25, -0.2) is 4.39 Å². The highest BCUT2D eigenvalue weighted by atomic mass is 19.1. The molecule has 3 heterocycles. The van der Waals surface area contributed by atoms with E-state index in [9.17, 15) is 9.18 Å². The summed E-state index contributed by atoms with van der Waals surface area (Å²) in [5, 5.41) is 9.74. The number of allylic oxidation sites excluding steroid dienone is 2. The van der Waals surface area contributed by atoms with Gasteiger partial charge in [-0.1, -0.05) is 19.3 Å². The molecule has 4 rings (SSSR count). The summed E-state index contributed by atoms with van der Waals surface area (Å²) in [6.45, 7) is 4.34. The predicted molar refractivity (Wildman–Crippen MR) is 128 cm³/mol. The Labute approximate surface area is 196 Å². The molecule has 0 aromatic carbocycles. The van der Waals surface area contributed by atoms with Crippen molar-refractivity contribution >= 4 is 12.1 Å². The van der Waals surface area contributed by atoms with E-state index in [0.717, 1.165) is 63.0 Å². The van der Waals surface area contributed by atoms with Crippen LogP contribution in [-0.2, 0) is 4.79 Å². The molecule has 2 fully saturated rings. The first-order chi connectivity index (χ1) is 15.9. The first-order valence-electron chi connectivity index (χ1n) is 12.5. The van der Waals surface area contributed by atoms with Crippen LogP contribution < -0.4 is 27.4 Å². The Morgan fingerprint density at radius 3 is 2.79 bits per heavy atom. The minimum atomic E-state index is -0.859. The molecular weight excluding hydrogens is 421 g/mol. The number of nitrogens with zero attached hydrogens (tertiary/aromatic N) is 2. The molecule has 0 radical (unpaired) electrons. The molecule has 184 valence electrons. The van der Waals surface area contributed by atoms with Crippen molar-refractivity contribution in [2.75, 3.05) is 19.6 Å². The molecule has 4 aliphatic rings. The largest absolute Gasteiger partial charge is 0.385 e. The highest BCUT2D eigenvalue weighted by Crippen LogP contribution is 2.46. The Morgan fingerprint density at radius 1 is 1.30 bits per heavy atom. The zero-order valence-electron chi connectivity index (χ0n) is 19.8. The molecule has 8 nitrogen and oxygen atoms in total. The fourth-order valence-corrected chi connectivity index (χ4v) is 6.12. The van der Waals surface area contributed by atoms with Gasteiger partial charge >= 0.3 is 0 Å². The summed E-state index contributed by atoms with van der Waals surface area (Å²) in [6.07, 6.45) is 11.0. The fourth-order valence-electron chi connectivity index (χ4n) is 6.12. The number of hydrogen-bond donors (Lipinski definition) is 5. The number of carbonyl (C=O) groups is 1. The van der Waals surface area contributed by atoms with Crippen LogP contribution in [0.4, 0.5) is 4.39 Å². The van der Waals surface area contributed by atoms with Crippen LogP contribution in [0.15, 0.2) is 28.4 Å². The average Bonchev–Trinajstić information content (AvgIpc) is 3.21. The Bertz CT molecular complexity index is 803. The van der Waals surface area contributed by atoms with Gasteiger partial charge in [-0.15, -0.1) is 0 Å². The number of halogens is 1. The molecule has 1 aliphatic carbocycles. The van der Waals surface area contributed by atoms with Crippen molar-refractivity contribution in [1.29, 1.82) is 0 Å². The molecule has 3 unspecified atom stereocenters. The van der Waals surface area contributed by atoms with E-state index in [2.05, 4.69) is 32.8 Å². The smallest absolute Gasteiger partial charge is 0.232 e. The minimum Gasteiger partial charge on any atom is -0.385 e. The van der Waals surface area contributed by atoms with Crippen molar-refractivity contribution in [3.05, 3.63) is 23.4 Å². The third-order valence-corrected chi connectivity index (χ3v) is 7.96. The minimum absolute atomic E-state index is 0.0329. The topological polar surface area (TPSA) is 121 Å². The van der Waals surface area contributed by atoms with Crippen molar-refractivity contribution in [3.8, 4) is 0 Å². The number of carbonyl (C=O) groups excluding carboxylic acids is 1. The van der Waals surface area contributed by atoms with Crippen LogP contribution in [0.2, 0.25) is 0 Å². The van der Waals surface area contributed by atoms with Crippen LogP contribution >= 0.6 is 0 Å². The summed E-state index contributed by atoms with van der Waals surface area (Å²) < 4.78 is 14.4. The summed E-state index contributed by atoms with van der Waals surface area (Å²) in [6, 6.07) is -0.322. The van der Waals surface area contributed by atoms with Crippen LogP contribution in [-0.4, -0.2) is 55.0 Å². The average molecular weight is 462 g/mol. The zero-order valence-corrected chi connectivity index (χ0v) is 19.8. The highest BCUT2D eigenvalue weighted by molar-refractivity contribution is 5.82. The van der Waals surface area contributed by atoms with E-state index in [1.165, 1.54) is 12.6 Å². The van der Waals surface area contributed by atoms with Gasteiger partial charge in [-0.05, 0) is 38.0 Å². The Hall–Kier alpha value is -1.97. The number of hydrogen-bond acceptors (Lipinski definition) is 7. The summed E-state index contributed by atoms with van der Waals surface area (Å²) in [7, 11) is 0. The number of rotatable bonds is 5. The number of nitrogens with two attached hydrogens (primary N) is 2. The maximum atomic E-state index is 14.4. The van der Waals surface area contributed by atoms with Gasteiger partial charge in [0.05, 0.1) is 30.5 Å². The SMILES string of the molecule is CC1NCCN1C1=C(NC(=O)C(C(N)N)C2CC3(CCCCC3)CC/C(F)=C\N2)CN=CC1. The quantitative estimate of drug-likeness (QED) is 0.398. The Balaban J connectivity index is 1.56. The van der Waals surface area contributed by atoms with Gasteiger partial charge in [0.2, 0.25) is 5.91 Å². The molecule has 1 saturated heterocycles. The number of nitrogens with one attached hydrogen (secondary N) is 3. The fraction of sp³-hybridized carbons (Fsp3) is 0.750. The van der Waals surface area contributed by atoms with Crippen molar-refractivity contribution < 1.29 is 9.18 Å². The lowest BCUT2D eigenvalue weighted by Crippen LogP contribution is -2.57. The molecule has 0 bridgehead atoms. The van der Waals surface area contributed by atoms with Crippen molar-refractivity contribution in [1.82, 2.24) is 20.9 Å². The normalized spacial score (nSPS) is 30.5. The third-order valence-electron chi connectivity index (χ3n) is 7.96. The van der Waals surface area contributed by atoms with E-state index in [0.29, 0.717) is 19.4 Å². The standard InChI is InChI=1S/C24H40FN7O/c1-16-29-11-12-32(16)20-6-10-28-15-19(20)31-23(33)21(22(26)27)18-13-24(7-3-2-4-8-24)9-5-17(25)14-30-18/h10,14,16,18,21-22,29-30H,2-9,11-13,15,26-27H2,1H3,(H,31,33)/b17-14+. The second-order valence-electron chi connectivity index (χ2n) is 10.2. The molecule has 1 spiro atoms. The summed E-state index contributed by atoms with van der Waals surface area (Å²) in [5.41, 5.74) is 14.3. The van der Waals surface area contributed by atoms with Crippen LogP contribution in [0.25, 0.3) is 0 Å². The molecule has 33 heavy (non-hydrogen) atoms. The van der Waals surface area contributed by atoms with Crippen LogP contribution in [0.1, 0.15) is 64.7 Å². The summed E-state index contributed by atoms with van der Waals surface area (Å²) in [5.74, 6) is -1.07. The second-order valence-corrected chi connectivity index (χ2v) is 10.2. The lowest BCUT2D eigenvalue weighted by Gasteiger charge is -2.43. The van der Waals surface area contributed by atoms with Gasteiger partial charge in [-0.3, -0.25) is 15.1 Å². The van der Waals surface area contributed by atoms with E-state index >= 15 is 0 Å². The molecule has 0 aromatic rings. The van der Waals surface area contributed by atoms with Crippen LogP contribution in [0, 0.1) is 11.3 Å². The van der Waals surface area contributed by atoms with E-state index in [1.54, 1.807) is 0 Å². The third kappa shape index (κ3) is 5.58. The van der Waals surface area contributed by atoms with Gasteiger partial charge in [0.15, 0.2) is 0 Å². The molecule has 3 atom stereocenters. The first kappa shape index (κ1) is 24.2. The maximum absolute atomic E-state index is 14.4. The number of aliphatic imine (C=N–C) groups is 1. The van der Waals surface area contributed by atoms with Gasteiger partial charge < -0.3 is 27.0 Å². The van der Waals surface area contributed by atoms with Crippen molar-refractivity contribution in [2.24, 2.45) is 27.8 Å². The lowest BCUT2D eigenvalue weighted by atomic mass is 9.65.